The lowest BCUT2D eigenvalue weighted by Crippen LogP contribution is -2.22. The minimum absolute atomic E-state index is 0.0540. The molecule has 0 aliphatic rings. The number of aromatic nitrogens is 1. The van der Waals surface area contributed by atoms with Crippen molar-refractivity contribution in [2.45, 2.75) is 46.3 Å². The van der Waals surface area contributed by atoms with Gasteiger partial charge >= 0.3 is 0 Å². The lowest BCUT2D eigenvalue weighted by atomic mass is 10.1. The van der Waals surface area contributed by atoms with Gasteiger partial charge in [0.15, 0.2) is 0 Å². The first kappa shape index (κ1) is 13.0. The smallest absolute Gasteiger partial charge is 0.126 e. The summed E-state index contributed by atoms with van der Waals surface area (Å²) in [5.41, 5.74) is 1.11. The summed E-state index contributed by atoms with van der Waals surface area (Å²) in [6, 6.07) is 4.03. The third-order valence-corrected chi connectivity index (χ3v) is 2.66. The largest absolute Gasteiger partial charge is 0.371 e. The maximum atomic E-state index is 5.84. The topological polar surface area (TPSA) is 34.1 Å². The molecule has 16 heavy (non-hydrogen) atoms. The van der Waals surface area contributed by atoms with Gasteiger partial charge in [-0.25, -0.2) is 4.98 Å². The molecule has 1 rings (SSSR count). The van der Waals surface area contributed by atoms with E-state index < -0.39 is 0 Å². The van der Waals surface area contributed by atoms with Crippen molar-refractivity contribution >= 4 is 5.82 Å². The Kier molecular flexibility index (Phi) is 4.74. The van der Waals surface area contributed by atoms with Gasteiger partial charge in [-0.3, -0.25) is 0 Å². The molecule has 1 aromatic heterocycles. The van der Waals surface area contributed by atoms with Crippen LogP contribution in [0.2, 0.25) is 0 Å². The van der Waals surface area contributed by atoms with Crippen LogP contribution in [0.25, 0.3) is 0 Å². The highest BCUT2D eigenvalue weighted by Gasteiger charge is 2.15. The minimum atomic E-state index is -0.0540. The summed E-state index contributed by atoms with van der Waals surface area (Å²) in [5.74, 6) is 0.915. The van der Waals surface area contributed by atoms with E-state index in [0.29, 0.717) is 6.61 Å². The molecule has 0 fully saturated rings. The van der Waals surface area contributed by atoms with Gasteiger partial charge in [-0.1, -0.05) is 6.92 Å². The summed E-state index contributed by atoms with van der Waals surface area (Å²) < 4.78 is 5.84. The van der Waals surface area contributed by atoms with E-state index in [2.05, 4.69) is 38.0 Å². The lowest BCUT2D eigenvalue weighted by Gasteiger charge is -2.23. The summed E-state index contributed by atoms with van der Waals surface area (Å²) in [6.07, 6.45) is 2.83. The average molecular weight is 222 g/mol. The molecule has 90 valence electrons. The number of ether oxygens (including phenoxy) is 1. The summed E-state index contributed by atoms with van der Waals surface area (Å²) in [7, 11) is 0. The van der Waals surface area contributed by atoms with Gasteiger partial charge in [-0.2, -0.15) is 0 Å². The number of anilines is 1. The molecule has 0 radical (unpaired) electrons. The van der Waals surface area contributed by atoms with Crippen LogP contribution in [0.4, 0.5) is 5.82 Å². The average Bonchev–Trinajstić information content (AvgIpc) is 2.28. The van der Waals surface area contributed by atoms with Crippen molar-refractivity contribution in [1.82, 2.24) is 4.98 Å². The Morgan fingerprint density at radius 1 is 1.38 bits per heavy atom. The number of hydrogen-bond acceptors (Lipinski definition) is 3. The second kappa shape index (κ2) is 5.85. The summed E-state index contributed by atoms with van der Waals surface area (Å²) in [6.45, 7) is 9.94. The van der Waals surface area contributed by atoms with Gasteiger partial charge in [0.05, 0.1) is 12.2 Å². The Balaban J connectivity index is 2.57. The Morgan fingerprint density at radius 3 is 2.75 bits per heavy atom. The van der Waals surface area contributed by atoms with E-state index in [4.69, 9.17) is 4.74 Å². The number of pyridine rings is 1. The zero-order valence-electron chi connectivity index (χ0n) is 10.7. The SMILES string of the molecule is CCNc1cc(COC(C)(C)CC)ccn1. The van der Waals surface area contributed by atoms with E-state index in [9.17, 15) is 0 Å². The fourth-order valence-corrected chi connectivity index (χ4v) is 1.22. The molecule has 0 aromatic carbocycles. The van der Waals surface area contributed by atoms with E-state index in [1.165, 1.54) is 0 Å². The molecule has 1 aromatic rings. The van der Waals surface area contributed by atoms with E-state index in [1.807, 2.05) is 18.3 Å². The number of hydrogen-bond donors (Lipinski definition) is 1. The van der Waals surface area contributed by atoms with Crippen molar-refractivity contribution in [1.29, 1.82) is 0 Å². The predicted molar refractivity (Wildman–Crippen MR) is 67.6 cm³/mol. The Hall–Kier alpha value is -1.09. The first-order valence-corrected chi connectivity index (χ1v) is 5.90. The van der Waals surface area contributed by atoms with Gasteiger partial charge < -0.3 is 10.1 Å². The second-order valence-corrected chi connectivity index (χ2v) is 4.48. The van der Waals surface area contributed by atoms with Gasteiger partial charge in [0.1, 0.15) is 5.82 Å². The van der Waals surface area contributed by atoms with Crippen molar-refractivity contribution < 1.29 is 4.74 Å². The van der Waals surface area contributed by atoms with Crippen LogP contribution in [0, 0.1) is 0 Å². The molecule has 0 aliphatic heterocycles. The Bertz CT molecular complexity index is 323. The van der Waals surface area contributed by atoms with Gasteiger partial charge in [0.2, 0.25) is 0 Å². The summed E-state index contributed by atoms with van der Waals surface area (Å²) >= 11 is 0. The van der Waals surface area contributed by atoms with Crippen molar-refractivity contribution in [3.05, 3.63) is 23.9 Å². The molecule has 3 nitrogen and oxygen atoms in total. The highest BCUT2D eigenvalue weighted by atomic mass is 16.5. The van der Waals surface area contributed by atoms with Crippen LogP contribution < -0.4 is 5.32 Å². The maximum absolute atomic E-state index is 5.84. The molecular weight excluding hydrogens is 200 g/mol. The van der Waals surface area contributed by atoms with Crippen LogP contribution in [0.3, 0.4) is 0 Å². The number of nitrogens with zero attached hydrogens (tertiary/aromatic N) is 1. The first-order valence-electron chi connectivity index (χ1n) is 5.90. The van der Waals surface area contributed by atoms with Crippen molar-refractivity contribution in [3.63, 3.8) is 0 Å². The van der Waals surface area contributed by atoms with Crippen LogP contribution in [-0.4, -0.2) is 17.1 Å². The van der Waals surface area contributed by atoms with Gasteiger partial charge in [-0.15, -0.1) is 0 Å². The van der Waals surface area contributed by atoms with Crippen LogP contribution in [0.1, 0.15) is 39.7 Å². The third-order valence-electron chi connectivity index (χ3n) is 2.66. The van der Waals surface area contributed by atoms with E-state index in [0.717, 1.165) is 24.3 Å². The van der Waals surface area contributed by atoms with Crippen LogP contribution in [-0.2, 0) is 11.3 Å². The van der Waals surface area contributed by atoms with Crippen LogP contribution in [0.15, 0.2) is 18.3 Å². The molecule has 0 unspecified atom stereocenters. The van der Waals surface area contributed by atoms with Crippen molar-refractivity contribution in [2.24, 2.45) is 0 Å². The molecule has 0 bridgehead atoms. The normalized spacial score (nSPS) is 11.5. The molecule has 3 heteroatoms. The summed E-state index contributed by atoms with van der Waals surface area (Å²) in [4.78, 5) is 4.23. The number of rotatable bonds is 6. The minimum Gasteiger partial charge on any atom is -0.371 e. The number of nitrogens with one attached hydrogen (secondary N) is 1. The molecular formula is C13H22N2O. The summed E-state index contributed by atoms with van der Waals surface area (Å²) in [5, 5.41) is 3.19. The third kappa shape index (κ3) is 4.19. The molecule has 0 atom stereocenters. The monoisotopic (exact) mass is 222 g/mol. The second-order valence-electron chi connectivity index (χ2n) is 4.48. The fraction of sp³-hybridized carbons (Fsp3) is 0.615. The quantitative estimate of drug-likeness (QED) is 0.802. The maximum Gasteiger partial charge on any atom is 0.126 e. The standard InChI is InChI=1S/C13H22N2O/c1-5-13(3,4)16-10-11-7-8-15-12(9-11)14-6-2/h7-9H,5-6,10H2,1-4H3,(H,14,15). The highest BCUT2D eigenvalue weighted by molar-refractivity contribution is 5.36. The fourth-order valence-electron chi connectivity index (χ4n) is 1.22. The van der Waals surface area contributed by atoms with Crippen molar-refractivity contribution in [2.75, 3.05) is 11.9 Å². The van der Waals surface area contributed by atoms with Crippen LogP contribution >= 0.6 is 0 Å². The van der Waals surface area contributed by atoms with Crippen LogP contribution in [0.5, 0.6) is 0 Å². The Labute approximate surface area is 98.2 Å². The van der Waals surface area contributed by atoms with E-state index in [-0.39, 0.29) is 5.60 Å². The molecule has 1 N–H and O–H groups in total. The van der Waals surface area contributed by atoms with E-state index in [1.54, 1.807) is 0 Å². The van der Waals surface area contributed by atoms with Gasteiger partial charge in [0.25, 0.3) is 0 Å². The first-order chi connectivity index (χ1) is 7.57. The van der Waals surface area contributed by atoms with Gasteiger partial charge in [0, 0.05) is 12.7 Å². The molecule has 0 spiro atoms. The lowest BCUT2D eigenvalue weighted by molar-refractivity contribution is -0.0316. The Morgan fingerprint density at radius 2 is 2.12 bits per heavy atom. The highest BCUT2D eigenvalue weighted by Crippen LogP contribution is 2.17. The molecule has 0 saturated heterocycles. The van der Waals surface area contributed by atoms with E-state index >= 15 is 0 Å². The van der Waals surface area contributed by atoms with Crippen molar-refractivity contribution in [3.8, 4) is 0 Å². The molecule has 0 saturated carbocycles. The zero-order valence-corrected chi connectivity index (χ0v) is 10.7. The molecule has 0 aliphatic carbocycles. The molecule has 0 amide bonds. The van der Waals surface area contributed by atoms with Gasteiger partial charge in [-0.05, 0) is 44.9 Å². The predicted octanol–water partition coefficient (Wildman–Crippen LogP) is 3.22. The zero-order chi connectivity index (χ0) is 12.0. The molecule has 1 heterocycles.